The molecule has 132 valence electrons. The molecule has 0 aliphatic rings. The van der Waals surface area contributed by atoms with Crippen LogP contribution in [0.15, 0.2) is 26.9 Å². The number of unbranched alkanes of at least 4 members (excludes halogenated alkanes) is 1. The average Bonchev–Trinajstić information content (AvgIpc) is 3.19. The number of nitrogens with zero attached hydrogens (tertiary/aromatic N) is 3. The van der Waals surface area contributed by atoms with E-state index < -0.39 is 0 Å². The van der Waals surface area contributed by atoms with E-state index in [2.05, 4.69) is 27.4 Å². The van der Waals surface area contributed by atoms with Crippen LogP contribution in [0.2, 0.25) is 5.02 Å². The van der Waals surface area contributed by atoms with Crippen molar-refractivity contribution in [3.63, 3.8) is 0 Å². The van der Waals surface area contributed by atoms with Crippen molar-refractivity contribution in [2.75, 3.05) is 16.8 Å². The van der Waals surface area contributed by atoms with E-state index >= 15 is 0 Å². The van der Waals surface area contributed by atoms with Crippen molar-refractivity contribution in [3.05, 3.63) is 23.2 Å². The summed E-state index contributed by atoms with van der Waals surface area (Å²) in [7, 11) is 0. The summed E-state index contributed by atoms with van der Waals surface area (Å²) in [5, 5.41) is 12.1. The molecule has 0 saturated carbocycles. The van der Waals surface area contributed by atoms with Crippen molar-refractivity contribution in [1.29, 1.82) is 0 Å². The molecule has 1 aromatic carbocycles. The largest absolute Gasteiger partial charge is 0.300 e. The van der Waals surface area contributed by atoms with Crippen LogP contribution in [0.25, 0.3) is 10.2 Å². The third-order valence-corrected chi connectivity index (χ3v) is 7.51. The van der Waals surface area contributed by atoms with Crippen LogP contribution in [-0.2, 0) is 4.79 Å². The van der Waals surface area contributed by atoms with Gasteiger partial charge in [-0.25, -0.2) is 4.98 Å². The molecule has 0 saturated heterocycles. The number of fused-ring (bicyclic) bond motifs is 1. The monoisotopic (exact) mass is 430 g/mol. The molecule has 0 aliphatic heterocycles. The Morgan fingerprint density at radius 2 is 2.12 bits per heavy atom. The molecule has 0 fully saturated rings. The van der Waals surface area contributed by atoms with Crippen molar-refractivity contribution in [2.24, 2.45) is 0 Å². The van der Waals surface area contributed by atoms with Crippen molar-refractivity contribution >= 4 is 79.1 Å². The fourth-order valence-corrected chi connectivity index (χ4v) is 5.78. The number of hydrogen-bond donors (Lipinski definition) is 1. The molecular weight excluding hydrogens is 416 g/mol. The first-order valence-electron chi connectivity index (χ1n) is 7.59. The van der Waals surface area contributed by atoms with Gasteiger partial charge in [0.05, 0.1) is 16.0 Å². The van der Waals surface area contributed by atoms with Gasteiger partial charge in [0.1, 0.15) is 0 Å². The highest BCUT2D eigenvalue weighted by Crippen LogP contribution is 2.31. The van der Waals surface area contributed by atoms with E-state index in [9.17, 15) is 4.79 Å². The number of anilines is 1. The van der Waals surface area contributed by atoms with E-state index in [1.54, 1.807) is 23.1 Å². The maximum atomic E-state index is 12.1. The first-order valence-corrected chi connectivity index (χ1v) is 11.6. The Morgan fingerprint density at radius 1 is 1.24 bits per heavy atom. The summed E-state index contributed by atoms with van der Waals surface area (Å²) in [4.78, 5) is 16.6. The molecule has 1 amide bonds. The van der Waals surface area contributed by atoms with E-state index in [4.69, 9.17) is 11.6 Å². The molecule has 5 nitrogen and oxygen atoms in total. The third-order valence-electron chi connectivity index (χ3n) is 3.03. The zero-order valence-corrected chi connectivity index (χ0v) is 17.3. The molecule has 0 unspecified atom stereocenters. The molecule has 2 aromatic heterocycles. The number of thioether (sulfide) groups is 2. The van der Waals surface area contributed by atoms with Gasteiger partial charge in [-0.3, -0.25) is 10.1 Å². The SMILES string of the molecule is CCCCSc1nnc(NC(=O)CSc2nc3cc(Cl)ccc3s2)s1. The third kappa shape index (κ3) is 5.55. The standard InChI is InChI=1S/C15H15ClN4OS4/c1-2-3-6-22-15-20-19-13(25-15)18-12(21)8-23-14-17-10-7-9(16)4-5-11(10)24-14/h4-5,7H,2-3,6,8H2,1H3,(H,18,19,21). The molecule has 25 heavy (non-hydrogen) atoms. The van der Waals surface area contributed by atoms with Gasteiger partial charge < -0.3 is 0 Å². The maximum absolute atomic E-state index is 12.1. The second-order valence-corrected chi connectivity index (χ2v) is 10.0. The number of rotatable bonds is 8. The fourth-order valence-electron chi connectivity index (χ4n) is 1.85. The number of halogens is 1. The lowest BCUT2D eigenvalue weighted by Gasteiger charge is -1.98. The van der Waals surface area contributed by atoms with Gasteiger partial charge in [0.25, 0.3) is 0 Å². The van der Waals surface area contributed by atoms with Crippen molar-refractivity contribution in [2.45, 2.75) is 28.4 Å². The molecule has 2 heterocycles. The molecule has 1 N–H and O–H groups in total. The Balaban J connectivity index is 1.50. The van der Waals surface area contributed by atoms with Gasteiger partial charge in [-0.15, -0.1) is 21.5 Å². The van der Waals surface area contributed by atoms with E-state index in [0.29, 0.717) is 10.2 Å². The van der Waals surface area contributed by atoms with Crippen LogP contribution < -0.4 is 5.32 Å². The van der Waals surface area contributed by atoms with Crippen molar-refractivity contribution in [1.82, 2.24) is 15.2 Å². The van der Waals surface area contributed by atoms with Crippen molar-refractivity contribution < 1.29 is 4.79 Å². The average molecular weight is 431 g/mol. The predicted octanol–water partition coefficient (Wildman–Crippen LogP) is 5.42. The minimum atomic E-state index is -0.108. The Labute approximate surface area is 167 Å². The molecule has 0 radical (unpaired) electrons. The normalized spacial score (nSPS) is 11.1. The van der Waals surface area contributed by atoms with Gasteiger partial charge in [0, 0.05) is 10.8 Å². The summed E-state index contributed by atoms with van der Waals surface area (Å²) in [6.45, 7) is 2.16. The highest BCUT2D eigenvalue weighted by atomic mass is 35.5. The van der Waals surface area contributed by atoms with Gasteiger partial charge in [0.15, 0.2) is 8.68 Å². The summed E-state index contributed by atoms with van der Waals surface area (Å²) < 4.78 is 2.80. The van der Waals surface area contributed by atoms with E-state index in [1.165, 1.54) is 23.1 Å². The van der Waals surface area contributed by atoms with Gasteiger partial charge in [-0.2, -0.15) is 0 Å². The number of hydrogen-bond acceptors (Lipinski definition) is 8. The van der Waals surface area contributed by atoms with Crippen LogP contribution in [0.1, 0.15) is 19.8 Å². The smallest absolute Gasteiger partial charge is 0.236 e. The van der Waals surface area contributed by atoms with E-state index in [-0.39, 0.29) is 11.7 Å². The molecule has 0 spiro atoms. The number of aromatic nitrogens is 3. The first-order chi connectivity index (χ1) is 12.1. The number of nitrogens with one attached hydrogen (secondary N) is 1. The molecule has 10 heteroatoms. The zero-order valence-electron chi connectivity index (χ0n) is 13.3. The van der Waals surface area contributed by atoms with Crippen LogP contribution in [0, 0.1) is 0 Å². The highest BCUT2D eigenvalue weighted by Gasteiger charge is 2.11. The minimum Gasteiger partial charge on any atom is -0.300 e. The topological polar surface area (TPSA) is 67.8 Å². The second-order valence-electron chi connectivity index (χ2n) is 5.00. The van der Waals surface area contributed by atoms with E-state index in [1.807, 2.05) is 18.2 Å². The minimum absolute atomic E-state index is 0.108. The molecule has 0 aliphatic carbocycles. The second kappa shape index (κ2) is 9.18. The number of thiazole rings is 1. The predicted molar refractivity (Wildman–Crippen MR) is 110 cm³/mol. The van der Waals surface area contributed by atoms with Crippen LogP contribution >= 0.6 is 57.8 Å². The van der Waals surface area contributed by atoms with Gasteiger partial charge in [-0.1, -0.05) is 59.8 Å². The number of carbonyl (C=O) groups excluding carboxylic acids is 1. The summed E-state index contributed by atoms with van der Waals surface area (Å²) in [5.41, 5.74) is 0.860. The van der Waals surface area contributed by atoms with Gasteiger partial charge in [0.2, 0.25) is 11.0 Å². The summed E-state index contributed by atoms with van der Waals surface area (Å²) >= 11 is 12.0. The Hall–Kier alpha value is -0.870. The number of amides is 1. The first kappa shape index (κ1) is 18.9. The van der Waals surface area contributed by atoms with Gasteiger partial charge in [-0.05, 0) is 24.6 Å². The van der Waals surface area contributed by atoms with Crippen LogP contribution in [-0.4, -0.2) is 32.6 Å². The summed E-state index contributed by atoms with van der Waals surface area (Å²) in [6.07, 6.45) is 2.31. The van der Waals surface area contributed by atoms with E-state index in [0.717, 1.165) is 37.5 Å². The Morgan fingerprint density at radius 3 is 2.96 bits per heavy atom. The molecule has 0 atom stereocenters. The Bertz CT molecular complexity index is 866. The van der Waals surface area contributed by atoms with Crippen molar-refractivity contribution in [3.8, 4) is 0 Å². The highest BCUT2D eigenvalue weighted by molar-refractivity contribution is 8.01. The van der Waals surface area contributed by atoms with Crippen LogP contribution in [0.5, 0.6) is 0 Å². The number of carbonyl (C=O) groups is 1. The molecular formula is C15H15ClN4OS4. The fraction of sp³-hybridized carbons (Fsp3) is 0.333. The summed E-state index contributed by atoms with van der Waals surface area (Å²) in [5.74, 6) is 1.20. The van der Waals surface area contributed by atoms with Crippen LogP contribution in [0.3, 0.4) is 0 Å². The lowest BCUT2D eigenvalue weighted by atomic mass is 10.3. The molecule has 3 rings (SSSR count). The quantitative estimate of drug-likeness (QED) is 0.292. The van der Waals surface area contributed by atoms with Crippen LogP contribution in [0.4, 0.5) is 5.13 Å². The summed E-state index contributed by atoms with van der Waals surface area (Å²) in [6, 6.07) is 5.61. The zero-order chi connectivity index (χ0) is 17.6. The maximum Gasteiger partial charge on any atom is 0.236 e. The Kier molecular flexibility index (Phi) is 6.94. The molecule has 3 aromatic rings. The van der Waals surface area contributed by atoms with Gasteiger partial charge >= 0.3 is 0 Å². The lowest BCUT2D eigenvalue weighted by Crippen LogP contribution is -2.13. The lowest BCUT2D eigenvalue weighted by molar-refractivity contribution is -0.113. The molecule has 0 bridgehead atoms. The number of benzene rings is 1.